The molecule has 0 radical (unpaired) electrons. The Morgan fingerprint density at radius 3 is 2.54 bits per heavy atom. The Balaban J connectivity index is 1.68. The first-order chi connectivity index (χ1) is 12.7. The molecule has 132 valence electrons. The lowest BCUT2D eigenvalue weighted by Gasteiger charge is -2.11. The molecule has 1 heterocycles. The Morgan fingerprint density at radius 2 is 1.81 bits per heavy atom. The number of nitrogens with zero attached hydrogens (tertiary/aromatic N) is 2. The fourth-order valence-electron chi connectivity index (χ4n) is 2.27. The number of nitrogens with one attached hydrogen (secondary N) is 2. The molecule has 0 fully saturated rings. The zero-order valence-corrected chi connectivity index (χ0v) is 14.1. The maximum Gasteiger partial charge on any atom is 0.256 e. The van der Waals surface area contributed by atoms with Gasteiger partial charge in [0.2, 0.25) is 0 Å². The van der Waals surface area contributed by atoms with Crippen molar-refractivity contribution >= 4 is 23.2 Å². The van der Waals surface area contributed by atoms with Gasteiger partial charge in [-0.2, -0.15) is 0 Å². The van der Waals surface area contributed by atoms with E-state index in [0.717, 1.165) is 11.8 Å². The summed E-state index contributed by atoms with van der Waals surface area (Å²) >= 11 is 0. The van der Waals surface area contributed by atoms with E-state index in [1.165, 1.54) is 18.2 Å². The maximum absolute atomic E-state index is 13.2. The summed E-state index contributed by atoms with van der Waals surface area (Å²) in [5.74, 6) is 0.543. The third-order valence-electron chi connectivity index (χ3n) is 3.44. The molecule has 0 spiro atoms. The number of para-hydroxylation sites is 2. The SMILES string of the molecule is CCOc1ccccc1Nc1ccc(NC(=O)c2cccc(F)c2)nn1. The van der Waals surface area contributed by atoms with Crippen molar-refractivity contribution in [2.24, 2.45) is 0 Å². The van der Waals surface area contributed by atoms with E-state index in [0.29, 0.717) is 18.2 Å². The second-order valence-electron chi connectivity index (χ2n) is 5.32. The Hall–Kier alpha value is -3.48. The lowest BCUT2D eigenvalue weighted by molar-refractivity contribution is 0.102. The van der Waals surface area contributed by atoms with Gasteiger partial charge in [-0.1, -0.05) is 18.2 Å². The molecule has 0 atom stereocenters. The van der Waals surface area contributed by atoms with Gasteiger partial charge in [-0.25, -0.2) is 4.39 Å². The summed E-state index contributed by atoms with van der Waals surface area (Å²) in [4.78, 5) is 12.1. The van der Waals surface area contributed by atoms with Crippen LogP contribution in [0.4, 0.5) is 21.7 Å². The van der Waals surface area contributed by atoms with Crippen LogP contribution in [0.25, 0.3) is 0 Å². The van der Waals surface area contributed by atoms with E-state index in [2.05, 4.69) is 20.8 Å². The van der Waals surface area contributed by atoms with Gasteiger partial charge < -0.3 is 15.4 Å². The Morgan fingerprint density at radius 1 is 1.04 bits per heavy atom. The smallest absolute Gasteiger partial charge is 0.256 e. The Labute approximate surface area is 150 Å². The normalized spacial score (nSPS) is 10.2. The van der Waals surface area contributed by atoms with Gasteiger partial charge in [-0.05, 0) is 49.4 Å². The third kappa shape index (κ3) is 4.32. The number of aromatic nitrogens is 2. The van der Waals surface area contributed by atoms with Gasteiger partial charge in [0.25, 0.3) is 5.91 Å². The highest BCUT2D eigenvalue weighted by molar-refractivity contribution is 6.03. The predicted octanol–water partition coefficient (Wildman–Crippen LogP) is 4.01. The van der Waals surface area contributed by atoms with E-state index in [9.17, 15) is 9.18 Å². The number of amides is 1. The summed E-state index contributed by atoms with van der Waals surface area (Å²) in [6, 6.07) is 16.2. The highest BCUT2D eigenvalue weighted by atomic mass is 19.1. The van der Waals surface area contributed by atoms with Crippen molar-refractivity contribution in [3.63, 3.8) is 0 Å². The molecule has 2 aromatic carbocycles. The van der Waals surface area contributed by atoms with Gasteiger partial charge in [0.05, 0.1) is 12.3 Å². The van der Waals surface area contributed by atoms with Crippen LogP contribution in [0.3, 0.4) is 0 Å². The number of rotatable bonds is 6. The molecule has 1 amide bonds. The Bertz CT molecular complexity index is 900. The molecule has 0 saturated heterocycles. The van der Waals surface area contributed by atoms with Crippen LogP contribution in [0.1, 0.15) is 17.3 Å². The van der Waals surface area contributed by atoms with Crippen molar-refractivity contribution in [3.8, 4) is 5.75 Å². The van der Waals surface area contributed by atoms with E-state index >= 15 is 0 Å². The number of hydrogen-bond acceptors (Lipinski definition) is 5. The van der Waals surface area contributed by atoms with E-state index in [-0.39, 0.29) is 11.4 Å². The lowest BCUT2D eigenvalue weighted by Crippen LogP contribution is -2.13. The summed E-state index contributed by atoms with van der Waals surface area (Å²) in [6.45, 7) is 2.46. The number of benzene rings is 2. The van der Waals surface area contributed by atoms with Gasteiger partial charge >= 0.3 is 0 Å². The van der Waals surface area contributed by atoms with Crippen LogP contribution in [0.5, 0.6) is 5.75 Å². The molecule has 0 aliphatic heterocycles. The average Bonchev–Trinajstić information content (AvgIpc) is 2.65. The molecule has 3 rings (SSSR count). The van der Waals surface area contributed by atoms with Gasteiger partial charge in [-0.3, -0.25) is 4.79 Å². The molecule has 26 heavy (non-hydrogen) atoms. The first kappa shape index (κ1) is 17.3. The van der Waals surface area contributed by atoms with Gasteiger partial charge in [0, 0.05) is 5.56 Å². The lowest BCUT2D eigenvalue weighted by atomic mass is 10.2. The molecule has 1 aromatic heterocycles. The second-order valence-corrected chi connectivity index (χ2v) is 5.32. The number of carbonyl (C=O) groups excluding carboxylic acids is 1. The second kappa shape index (κ2) is 8.06. The van der Waals surface area contributed by atoms with Crippen LogP contribution >= 0.6 is 0 Å². The molecule has 7 heteroatoms. The third-order valence-corrected chi connectivity index (χ3v) is 3.44. The highest BCUT2D eigenvalue weighted by Gasteiger charge is 2.09. The zero-order chi connectivity index (χ0) is 18.4. The zero-order valence-electron chi connectivity index (χ0n) is 14.1. The molecule has 0 aliphatic rings. The fraction of sp³-hybridized carbons (Fsp3) is 0.105. The number of carbonyl (C=O) groups is 1. The van der Waals surface area contributed by atoms with Crippen molar-refractivity contribution in [1.29, 1.82) is 0 Å². The summed E-state index contributed by atoms with van der Waals surface area (Å²) < 4.78 is 18.7. The molecule has 0 unspecified atom stereocenters. The molecular formula is C19H17FN4O2. The summed E-state index contributed by atoms with van der Waals surface area (Å²) in [7, 11) is 0. The monoisotopic (exact) mass is 352 g/mol. The number of hydrogen-bond donors (Lipinski definition) is 2. The van der Waals surface area contributed by atoms with Crippen LogP contribution in [-0.2, 0) is 0 Å². The molecular weight excluding hydrogens is 335 g/mol. The summed E-state index contributed by atoms with van der Waals surface area (Å²) in [5, 5.41) is 13.7. The van der Waals surface area contributed by atoms with Gasteiger partial charge in [0.15, 0.2) is 11.6 Å². The molecule has 0 saturated carbocycles. The van der Waals surface area contributed by atoms with E-state index in [1.54, 1.807) is 12.1 Å². The summed E-state index contributed by atoms with van der Waals surface area (Å²) in [5.41, 5.74) is 0.972. The standard InChI is InChI=1S/C19H17FN4O2/c1-2-26-16-9-4-3-8-15(16)21-17-10-11-18(24-23-17)22-19(25)13-6-5-7-14(20)12-13/h3-12H,2H2,1H3,(H,21,23)(H,22,24,25). The van der Waals surface area contributed by atoms with Gasteiger partial charge in [-0.15, -0.1) is 10.2 Å². The number of halogens is 1. The van der Waals surface area contributed by atoms with E-state index in [4.69, 9.17) is 4.74 Å². The van der Waals surface area contributed by atoms with Crippen LogP contribution in [0, 0.1) is 5.82 Å². The number of anilines is 3. The largest absolute Gasteiger partial charge is 0.492 e. The van der Waals surface area contributed by atoms with Crippen molar-refractivity contribution in [3.05, 3.63) is 72.0 Å². The van der Waals surface area contributed by atoms with Crippen molar-refractivity contribution < 1.29 is 13.9 Å². The average molecular weight is 352 g/mol. The topological polar surface area (TPSA) is 76.1 Å². The van der Waals surface area contributed by atoms with Crippen molar-refractivity contribution in [1.82, 2.24) is 10.2 Å². The number of ether oxygens (including phenoxy) is 1. The first-order valence-corrected chi connectivity index (χ1v) is 8.05. The summed E-state index contributed by atoms with van der Waals surface area (Å²) in [6.07, 6.45) is 0. The molecule has 2 N–H and O–H groups in total. The predicted molar refractivity (Wildman–Crippen MR) is 97.3 cm³/mol. The quantitative estimate of drug-likeness (QED) is 0.701. The minimum atomic E-state index is -0.476. The maximum atomic E-state index is 13.2. The van der Waals surface area contributed by atoms with Gasteiger partial charge in [0.1, 0.15) is 11.6 Å². The minimum absolute atomic E-state index is 0.208. The van der Waals surface area contributed by atoms with Crippen molar-refractivity contribution in [2.75, 3.05) is 17.2 Å². The molecule has 6 nitrogen and oxygen atoms in total. The van der Waals surface area contributed by atoms with E-state index in [1.807, 2.05) is 31.2 Å². The van der Waals surface area contributed by atoms with Crippen LogP contribution in [-0.4, -0.2) is 22.7 Å². The fourth-order valence-corrected chi connectivity index (χ4v) is 2.27. The van der Waals surface area contributed by atoms with Crippen LogP contribution in [0.2, 0.25) is 0 Å². The Kier molecular flexibility index (Phi) is 5.38. The molecule has 0 aliphatic carbocycles. The van der Waals surface area contributed by atoms with Crippen LogP contribution in [0.15, 0.2) is 60.7 Å². The minimum Gasteiger partial charge on any atom is -0.492 e. The molecule has 0 bridgehead atoms. The molecule has 3 aromatic rings. The first-order valence-electron chi connectivity index (χ1n) is 8.05. The van der Waals surface area contributed by atoms with Crippen LogP contribution < -0.4 is 15.4 Å². The highest BCUT2D eigenvalue weighted by Crippen LogP contribution is 2.26. The van der Waals surface area contributed by atoms with Crippen molar-refractivity contribution in [2.45, 2.75) is 6.92 Å². The van der Waals surface area contributed by atoms with E-state index < -0.39 is 11.7 Å².